The van der Waals surface area contributed by atoms with Gasteiger partial charge in [0.1, 0.15) is 11.4 Å². The van der Waals surface area contributed by atoms with Gasteiger partial charge in [-0.2, -0.15) is 0 Å². The Morgan fingerprint density at radius 3 is 2.67 bits per heavy atom. The van der Waals surface area contributed by atoms with Crippen molar-refractivity contribution in [3.8, 4) is 0 Å². The SMILES string of the molecule is CCCC(O)(CNC(=O)c1nccc(Sc2cnc(Nc3cc(C)ccn3)s2)c1F)c1ccccc1. The largest absolute Gasteiger partial charge is 0.383 e. The van der Waals surface area contributed by atoms with Gasteiger partial charge in [0.05, 0.1) is 21.8 Å². The quantitative estimate of drug-likeness (QED) is 0.245. The van der Waals surface area contributed by atoms with Crippen molar-refractivity contribution in [2.24, 2.45) is 0 Å². The number of aliphatic hydroxyl groups is 1. The number of hydrogen-bond donors (Lipinski definition) is 3. The summed E-state index contributed by atoms with van der Waals surface area (Å²) >= 11 is 2.51. The summed E-state index contributed by atoms with van der Waals surface area (Å²) in [6.07, 6.45) is 5.90. The number of pyridine rings is 2. The highest BCUT2D eigenvalue weighted by atomic mass is 32.2. The van der Waals surface area contributed by atoms with Crippen LogP contribution in [0.1, 0.15) is 41.4 Å². The zero-order valence-electron chi connectivity index (χ0n) is 19.9. The molecule has 1 amide bonds. The van der Waals surface area contributed by atoms with Gasteiger partial charge in [-0.1, -0.05) is 66.8 Å². The highest BCUT2D eigenvalue weighted by molar-refractivity contribution is 8.01. The lowest BCUT2D eigenvalue weighted by Gasteiger charge is -2.28. The summed E-state index contributed by atoms with van der Waals surface area (Å²) in [5.74, 6) is -0.729. The van der Waals surface area contributed by atoms with Crippen molar-refractivity contribution >= 4 is 40.0 Å². The summed E-state index contributed by atoms with van der Waals surface area (Å²) in [6.45, 7) is 3.87. The third-order valence-corrected chi connectivity index (χ3v) is 7.48. The van der Waals surface area contributed by atoms with Gasteiger partial charge in [0.15, 0.2) is 16.6 Å². The van der Waals surface area contributed by atoms with E-state index in [-0.39, 0.29) is 17.1 Å². The smallest absolute Gasteiger partial charge is 0.273 e. The van der Waals surface area contributed by atoms with E-state index in [1.165, 1.54) is 23.6 Å². The molecule has 0 saturated carbocycles. The second kappa shape index (κ2) is 11.6. The molecule has 186 valence electrons. The summed E-state index contributed by atoms with van der Waals surface area (Å²) in [7, 11) is 0. The van der Waals surface area contributed by atoms with E-state index in [1.54, 1.807) is 12.4 Å². The molecule has 3 aromatic heterocycles. The molecule has 0 bridgehead atoms. The monoisotopic (exact) mass is 523 g/mol. The van der Waals surface area contributed by atoms with Crippen molar-refractivity contribution in [1.29, 1.82) is 0 Å². The zero-order chi connectivity index (χ0) is 25.5. The molecule has 0 aliphatic heterocycles. The molecular weight excluding hydrogens is 497 g/mol. The molecule has 1 atom stereocenters. The molecule has 3 N–H and O–H groups in total. The van der Waals surface area contributed by atoms with Gasteiger partial charge in [-0.3, -0.25) is 4.79 Å². The van der Waals surface area contributed by atoms with Crippen LogP contribution >= 0.6 is 23.1 Å². The lowest BCUT2D eigenvalue weighted by Crippen LogP contribution is -2.41. The molecular formula is C26H26FN5O2S2. The minimum atomic E-state index is -1.26. The van der Waals surface area contributed by atoms with Crippen LogP contribution in [0, 0.1) is 12.7 Å². The molecule has 0 fully saturated rings. The van der Waals surface area contributed by atoms with Crippen molar-refractivity contribution in [2.45, 2.75) is 41.4 Å². The average Bonchev–Trinajstić information content (AvgIpc) is 3.31. The zero-order valence-corrected chi connectivity index (χ0v) is 21.5. The van der Waals surface area contributed by atoms with Crippen molar-refractivity contribution in [3.05, 3.63) is 89.8 Å². The van der Waals surface area contributed by atoms with Crippen molar-refractivity contribution < 1.29 is 14.3 Å². The number of aromatic nitrogens is 3. The first-order valence-corrected chi connectivity index (χ1v) is 13.1. The van der Waals surface area contributed by atoms with Gasteiger partial charge in [0.2, 0.25) is 0 Å². The third kappa shape index (κ3) is 6.26. The van der Waals surface area contributed by atoms with Crippen molar-refractivity contribution in [3.63, 3.8) is 0 Å². The Balaban J connectivity index is 1.44. The predicted octanol–water partition coefficient (Wildman–Crippen LogP) is 5.69. The van der Waals surface area contributed by atoms with E-state index >= 15 is 4.39 Å². The molecule has 0 aliphatic rings. The lowest BCUT2D eigenvalue weighted by atomic mass is 9.89. The van der Waals surface area contributed by atoms with Gasteiger partial charge in [-0.25, -0.2) is 19.3 Å². The molecule has 0 radical (unpaired) electrons. The predicted molar refractivity (Wildman–Crippen MR) is 140 cm³/mol. The average molecular weight is 524 g/mol. The van der Waals surface area contributed by atoms with Crippen molar-refractivity contribution in [1.82, 2.24) is 20.3 Å². The molecule has 1 unspecified atom stereocenters. The summed E-state index contributed by atoms with van der Waals surface area (Å²) in [4.78, 5) is 25.6. The summed E-state index contributed by atoms with van der Waals surface area (Å²) in [6, 6.07) is 14.5. The van der Waals surface area contributed by atoms with E-state index in [2.05, 4.69) is 25.6 Å². The number of nitrogens with zero attached hydrogens (tertiary/aromatic N) is 3. The fourth-order valence-corrected chi connectivity index (χ4v) is 5.52. The van der Waals surface area contributed by atoms with Crippen LogP contribution in [0.15, 0.2) is 76.2 Å². The summed E-state index contributed by atoms with van der Waals surface area (Å²) in [5, 5.41) is 17.6. The number of aryl methyl sites for hydroxylation is 1. The van der Waals surface area contributed by atoms with E-state index in [0.717, 1.165) is 21.5 Å². The van der Waals surface area contributed by atoms with Gasteiger partial charge in [-0.05, 0) is 42.7 Å². The number of carbonyl (C=O) groups is 1. The fourth-order valence-electron chi connectivity index (χ4n) is 3.66. The second-order valence-corrected chi connectivity index (χ2v) is 10.6. The van der Waals surface area contributed by atoms with Gasteiger partial charge in [0, 0.05) is 12.4 Å². The van der Waals surface area contributed by atoms with E-state index in [9.17, 15) is 9.90 Å². The molecule has 4 rings (SSSR count). The first kappa shape index (κ1) is 25.7. The van der Waals surface area contributed by atoms with E-state index in [0.29, 0.717) is 29.4 Å². The van der Waals surface area contributed by atoms with Gasteiger partial charge >= 0.3 is 0 Å². The number of benzene rings is 1. The third-order valence-electron chi connectivity index (χ3n) is 5.43. The highest BCUT2D eigenvalue weighted by Gasteiger charge is 2.29. The van der Waals surface area contributed by atoms with Crippen LogP contribution in [0.3, 0.4) is 0 Å². The van der Waals surface area contributed by atoms with Crippen LogP contribution in [0.5, 0.6) is 0 Å². The molecule has 1 aromatic carbocycles. The molecule has 0 saturated heterocycles. The maximum atomic E-state index is 15.2. The first-order chi connectivity index (χ1) is 17.4. The Morgan fingerprint density at radius 2 is 1.92 bits per heavy atom. The number of nitrogens with one attached hydrogen (secondary N) is 2. The Morgan fingerprint density at radius 1 is 1.14 bits per heavy atom. The molecule has 10 heteroatoms. The lowest BCUT2D eigenvalue weighted by molar-refractivity contribution is 0.0260. The Hall–Kier alpha value is -3.34. The van der Waals surface area contributed by atoms with Gasteiger partial charge in [-0.15, -0.1) is 0 Å². The Kier molecular flexibility index (Phi) is 8.29. The van der Waals surface area contributed by atoms with Crippen LogP contribution < -0.4 is 10.6 Å². The fraction of sp³-hybridized carbons (Fsp3) is 0.231. The topological polar surface area (TPSA) is 100 Å². The van der Waals surface area contributed by atoms with Crippen LogP contribution in [0.4, 0.5) is 15.3 Å². The molecule has 0 spiro atoms. The number of rotatable bonds is 10. The number of amides is 1. The second-order valence-electron chi connectivity index (χ2n) is 8.23. The summed E-state index contributed by atoms with van der Waals surface area (Å²) < 4.78 is 16.0. The van der Waals surface area contributed by atoms with Gasteiger partial charge in [0.25, 0.3) is 5.91 Å². The normalized spacial score (nSPS) is 12.7. The highest BCUT2D eigenvalue weighted by Crippen LogP contribution is 2.36. The first-order valence-electron chi connectivity index (χ1n) is 11.4. The number of halogens is 1. The van der Waals surface area contributed by atoms with Crippen LogP contribution in [0.2, 0.25) is 0 Å². The van der Waals surface area contributed by atoms with Crippen molar-refractivity contribution in [2.75, 3.05) is 11.9 Å². The summed E-state index contributed by atoms with van der Waals surface area (Å²) in [5.41, 5.74) is 0.187. The Labute approximate surface area is 217 Å². The molecule has 36 heavy (non-hydrogen) atoms. The number of thiazole rings is 1. The number of carbonyl (C=O) groups excluding carboxylic acids is 1. The number of anilines is 2. The van der Waals surface area contributed by atoms with E-state index < -0.39 is 17.3 Å². The van der Waals surface area contributed by atoms with Gasteiger partial charge < -0.3 is 15.7 Å². The maximum absolute atomic E-state index is 15.2. The standard InChI is InChI=1S/C26H26FN5O2S2/c1-3-11-26(34,18-7-5-4-6-8-18)16-31-24(33)23-22(27)19(10-13-29-23)35-21-15-30-25(36-21)32-20-14-17(2)9-12-28-20/h4-10,12-15,34H,3,11,16H2,1-2H3,(H,31,33)(H,28,30,32). The molecule has 3 heterocycles. The Bertz CT molecular complexity index is 1330. The van der Waals surface area contributed by atoms with Crippen LogP contribution in [0.25, 0.3) is 0 Å². The van der Waals surface area contributed by atoms with E-state index in [1.807, 2.05) is 56.3 Å². The minimum absolute atomic E-state index is 0.0565. The van der Waals surface area contributed by atoms with E-state index in [4.69, 9.17) is 0 Å². The van der Waals surface area contributed by atoms with Crippen LogP contribution in [-0.2, 0) is 5.60 Å². The van der Waals surface area contributed by atoms with Crippen LogP contribution in [-0.4, -0.2) is 32.5 Å². The number of hydrogen-bond acceptors (Lipinski definition) is 8. The molecule has 4 aromatic rings. The minimum Gasteiger partial charge on any atom is -0.383 e. The maximum Gasteiger partial charge on any atom is 0.273 e. The molecule has 0 aliphatic carbocycles. The molecule has 7 nitrogen and oxygen atoms in total.